The zero-order valence-electron chi connectivity index (χ0n) is 11.9. The van der Waals surface area contributed by atoms with E-state index in [4.69, 9.17) is 4.55 Å². The van der Waals surface area contributed by atoms with Crippen LogP contribution in [0.4, 0.5) is 0 Å². The zero-order chi connectivity index (χ0) is 16.8. The molecule has 124 valence electrons. The van der Waals surface area contributed by atoms with Crippen molar-refractivity contribution in [1.82, 2.24) is 5.32 Å². The minimum Gasteiger partial charge on any atom is -0.351 e. The minimum atomic E-state index is -4.65. The van der Waals surface area contributed by atoms with Crippen molar-refractivity contribution >= 4 is 26.1 Å². The van der Waals surface area contributed by atoms with E-state index >= 15 is 0 Å². The highest BCUT2D eigenvalue weighted by Crippen LogP contribution is 2.03. The third-order valence-corrected chi connectivity index (χ3v) is 4.68. The molecule has 0 heterocycles. The van der Waals surface area contributed by atoms with Crippen LogP contribution < -0.4 is 5.32 Å². The molecule has 0 unspecified atom stereocenters. The second-order valence-corrected chi connectivity index (χ2v) is 7.92. The highest BCUT2D eigenvalue weighted by atomic mass is 32.3. The topological polar surface area (TPSA) is 127 Å². The van der Waals surface area contributed by atoms with Gasteiger partial charge in [-0.3, -0.25) is 9.35 Å². The van der Waals surface area contributed by atoms with Crippen LogP contribution in [0.1, 0.15) is 15.9 Å². The first-order valence-electron chi connectivity index (χ1n) is 6.26. The van der Waals surface area contributed by atoms with E-state index in [-0.39, 0.29) is 12.3 Å². The normalized spacial score (nSPS) is 12.1. The van der Waals surface area contributed by atoms with Gasteiger partial charge in [0.15, 0.2) is 9.84 Å². The van der Waals surface area contributed by atoms with E-state index in [0.717, 1.165) is 5.56 Å². The Hall–Kier alpha value is -1.49. The molecule has 0 aliphatic rings. The van der Waals surface area contributed by atoms with Crippen LogP contribution in [0.2, 0.25) is 0 Å². The number of hydrogen-bond acceptors (Lipinski definition) is 6. The molecule has 0 aliphatic carbocycles. The molecule has 0 spiro atoms. The maximum atomic E-state index is 11.8. The molecule has 1 amide bonds. The molecule has 1 aromatic carbocycles. The van der Waals surface area contributed by atoms with Crippen LogP contribution in [0, 0.1) is 6.92 Å². The fraction of sp³-hybridized carbons (Fsp3) is 0.417. The summed E-state index contributed by atoms with van der Waals surface area (Å²) in [5.41, 5.74) is 1.33. The molecular formula is C12H17NO7S2. The molecule has 0 radical (unpaired) electrons. The monoisotopic (exact) mass is 351 g/mol. The fourth-order valence-corrected chi connectivity index (χ4v) is 2.93. The van der Waals surface area contributed by atoms with Gasteiger partial charge in [-0.15, -0.1) is 0 Å². The van der Waals surface area contributed by atoms with Crippen molar-refractivity contribution < 1.29 is 30.4 Å². The molecule has 1 aromatic rings. The van der Waals surface area contributed by atoms with E-state index in [0.29, 0.717) is 5.56 Å². The average molecular weight is 351 g/mol. The number of sulfone groups is 1. The van der Waals surface area contributed by atoms with Gasteiger partial charge >= 0.3 is 10.4 Å². The summed E-state index contributed by atoms with van der Waals surface area (Å²) < 4.78 is 56.0. The van der Waals surface area contributed by atoms with Gasteiger partial charge in [-0.05, 0) is 19.1 Å². The zero-order valence-corrected chi connectivity index (χ0v) is 13.5. The van der Waals surface area contributed by atoms with Gasteiger partial charge in [-0.1, -0.05) is 17.7 Å². The van der Waals surface area contributed by atoms with Gasteiger partial charge in [0.25, 0.3) is 5.91 Å². The van der Waals surface area contributed by atoms with Crippen molar-refractivity contribution in [1.29, 1.82) is 0 Å². The standard InChI is InChI=1S/C12H17NO7S2/c1-10-3-2-4-11(9-10)12(14)13-5-7-21(15,16)8-6-20-22(17,18)19/h2-4,9H,5-8H2,1H3,(H,13,14)(H,17,18,19). The van der Waals surface area contributed by atoms with Gasteiger partial charge in [-0.2, -0.15) is 8.42 Å². The fourth-order valence-electron chi connectivity index (χ4n) is 1.58. The van der Waals surface area contributed by atoms with E-state index in [1.54, 1.807) is 18.2 Å². The second-order valence-electron chi connectivity index (χ2n) is 4.53. The summed E-state index contributed by atoms with van der Waals surface area (Å²) in [7, 11) is -8.26. The van der Waals surface area contributed by atoms with Crippen molar-refractivity contribution in [3.8, 4) is 0 Å². The maximum absolute atomic E-state index is 11.8. The molecule has 0 aromatic heterocycles. The summed E-state index contributed by atoms with van der Waals surface area (Å²) in [5, 5.41) is 2.46. The molecule has 1 rings (SSSR count). The molecule has 8 nitrogen and oxygen atoms in total. The smallest absolute Gasteiger partial charge is 0.351 e. The first kappa shape index (κ1) is 18.6. The minimum absolute atomic E-state index is 0.110. The first-order chi connectivity index (χ1) is 10.1. The molecule has 22 heavy (non-hydrogen) atoms. The average Bonchev–Trinajstić information content (AvgIpc) is 2.36. The maximum Gasteiger partial charge on any atom is 0.397 e. The Kier molecular flexibility index (Phi) is 6.48. The lowest BCUT2D eigenvalue weighted by Gasteiger charge is -2.07. The van der Waals surface area contributed by atoms with Gasteiger partial charge < -0.3 is 5.32 Å². The van der Waals surface area contributed by atoms with Crippen molar-refractivity contribution in [3.63, 3.8) is 0 Å². The third kappa shape index (κ3) is 7.50. The second kappa shape index (κ2) is 7.68. The van der Waals surface area contributed by atoms with Crippen molar-refractivity contribution in [3.05, 3.63) is 35.4 Å². The summed E-state index contributed by atoms with van der Waals surface area (Å²) in [5.74, 6) is -1.33. The predicted octanol–water partition coefficient (Wildman–Crippen LogP) is -0.0410. The van der Waals surface area contributed by atoms with Crippen LogP contribution >= 0.6 is 0 Å². The lowest BCUT2D eigenvalue weighted by Crippen LogP contribution is -2.30. The molecule has 0 fully saturated rings. The van der Waals surface area contributed by atoms with E-state index < -0.39 is 38.5 Å². The lowest BCUT2D eigenvalue weighted by molar-refractivity contribution is 0.0956. The molecule has 0 bridgehead atoms. The number of carbonyl (C=O) groups excluding carboxylic acids is 1. The van der Waals surface area contributed by atoms with Crippen molar-refractivity contribution in [2.24, 2.45) is 0 Å². The molecule has 0 saturated heterocycles. The Morgan fingerprint density at radius 3 is 2.50 bits per heavy atom. The van der Waals surface area contributed by atoms with Gasteiger partial charge in [-0.25, -0.2) is 12.6 Å². The summed E-state index contributed by atoms with van der Waals surface area (Å²) in [6, 6.07) is 6.82. The molecule has 2 N–H and O–H groups in total. The number of rotatable bonds is 8. The highest BCUT2D eigenvalue weighted by molar-refractivity contribution is 7.91. The Morgan fingerprint density at radius 1 is 1.23 bits per heavy atom. The number of carbonyl (C=O) groups is 1. The summed E-state index contributed by atoms with van der Waals surface area (Å²) in [6.45, 7) is 1.05. The first-order valence-corrected chi connectivity index (χ1v) is 9.45. The number of amides is 1. The molecular weight excluding hydrogens is 334 g/mol. The van der Waals surface area contributed by atoms with E-state index in [1.807, 2.05) is 13.0 Å². The largest absolute Gasteiger partial charge is 0.397 e. The van der Waals surface area contributed by atoms with Crippen LogP contribution in [-0.2, 0) is 24.4 Å². The van der Waals surface area contributed by atoms with Gasteiger partial charge in [0, 0.05) is 12.1 Å². The summed E-state index contributed by atoms with van der Waals surface area (Å²) >= 11 is 0. The van der Waals surface area contributed by atoms with Crippen molar-refractivity contribution in [2.75, 3.05) is 24.7 Å². The molecule has 0 aliphatic heterocycles. The quantitative estimate of drug-likeness (QED) is 0.629. The Labute approximate surface area is 129 Å². The summed E-state index contributed by atoms with van der Waals surface area (Å²) in [6.07, 6.45) is 0. The van der Waals surface area contributed by atoms with Crippen LogP contribution in [0.3, 0.4) is 0 Å². The van der Waals surface area contributed by atoms with Crippen LogP contribution in [0.25, 0.3) is 0 Å². The van der Waals surface area contributed by atoms with Gasteiger partial charge in [0.2, 0.25) is 0 Å². The van der Waals surface area contributed by atoms with Gasteiger partial charge in [0.05, 0.1) is 18.1 Å². The van der Waals surface area contributed by atoms with Gasteiger partial charge in [0.1, 0.15) is 0 Å². The highest BCUT2D eigenvalue weighted by Gasteiger charge is 2.14. The van der Waals surface area contributed by atoms with E-state index in [9.17, 15) is 21.6 Å². The Balaban J connectivity index is 2.41. The van der Waals surface area contributed by atoms with Crippen LogP contribution in [0.5, 0.6) is 0 Å². The predicted molar refractivity (Wildman–Crippen MR) is 79.7 cm³/mol. The SMILES string of the molecule is Cc1cccc(C(=O)NCCS(=O)(=O)CCOS(=O)(=O)O)c1. The number of benzene rings is 1. The number of hydrogen-bond donors (Lipinski definition) is 2. The van der Waals surface area contributed by atoms with Crippen molar-refractivity contribution in [2.45, 2.75) is 6.92 Å². The van der Waals surface area contributed by atoms with Crippen LogP contribution in [-0.4, -0.2) is 52.0 Å². The number of nitrogens with one attached hydrogen (secondary N) is 1. The summed E-state index contributed by atoms with van der Waals surface area (Å²) in [4.78, 5) is 11.8. The number of aryl methyl sites for hydroxylation is 1. The molecule has 10 heteroatoms. The molecule has 0 saturated carbocycles. The van der Waals surface area contributed by atoms with E-state index in [1.165, 1.54) is 0 Å². The van der Waals surface area contributed by atoms with Crippen LogP contribution in [0.15, 0.2) is 24.3 Å². The third-order valence-electron chi connectivity index (χ3n) is 2.61. The molecule has 0 atom stereocenters. The Bertz CT molecular complexity index is 726. The lowest BCUT2D eigenvalue weighted by atomic mass is 10.1. The Morgan fingerprint density at radius 2 is 1.91 bits per heavy atom. The van der Waals surface area contributed by atoms with E-state index in [2.05, 4.69) is 9.50 Å².